The minimum atomic E-state index is -1.55. The molecule has 7 aliphatic rings. The van der Waals surface area contributed by atoms with Crippen molar-refractivity contribution in [3.63, 3.8) is 0 Å². The maximum absolute atomic E-state index is 13.8. The molecule has 130 heavy (non-hydrogen) atoms. The van der Waals surface area contributed by atoms with Crippen molar-refractivity contribution in [2.75, 3.05) is 89.7 Å². The van der Waals surface area contributed by atoms with Crippen molar-refractivity contribution in [3.8, 4) is 11.3 Å². The molecule has 14 heterocycles. The number of nitrogens with one attached hydrogen (secondary N) is 3. The summed E-state index contributed by atoms with van der Waals surface area (Å²) in [4.78, 5) is 111. The lowest BCUT2D eigenvalue weighted by molar-refractivity contribution is -0.147. The molecule has 4 fully saturated rings. The lowest BCUT2D eigenvalue weighted by Crippen LogP contribution is -2.47. The maximum Gasteiger partial charge on any atom is 0.495 e. The van der Waals surface area contributed by atoms with Crippen molar-refractivity contribution in [2.45, 2.75) is 188 Å². The number of aliphatic hydroxyl groups is 4. The number of nitrogens with zero attached hydrogens (tertiary/aromatic N) is 13. The van der Waals surface area contributed by atoms with Gasteiger partial charge >= 0.3 is 25.4 Å². The van der Waals surface area contributed by atoms with Gasteiger partial charge in [-0.1, -0.05) is 23.7 Å². The number of halogens is 4. The molecule has 39 heteroatoms. The van der Waals surface area contributed by atoms with Crippen LogP contribution in [0.15, 0.2) is 140 Å². The molecule has 0 aliphatic carbocycles. The predicted molar refractivity (Wildman–Crippen MR) is 490 cm³/mol. The molecule has 0 radical (unpaired) electrons. The van der Waals surface area contributed by atoms with E-state index < -0.39 is 102 Å². The molecule has 6 amide bonds. The third kappa shape index (κ3) is 21.5. The first-order valence-electron chi connectivity index (χ1n) is 42.4. The van der Waals surface area contributed by atoms with Gasteiger partial charge in [-0.25, -0.2) is 62.8 Å². The number of imidazole rings is 2. The van der Waals surface area contributed by atoms with E-state index in [1.807, 2.05) is 79.5 Å². The normalized spacial score (nSPS) is 18.8. The van der Waals surface area contributed by atoms with Crippen molar-refractivity contribution in [1.82, 2.24) is 48.4 Å². The Balaban J connectivity index is 0.000000149. The van der Waals surface area contributed by atoms with Gasteiger partial charge in [-0.15, -0.1) is 0 Å². The zero-order valence-corrected chi connectivity index (χ0v) is 77.5. The highest BCUT2D eigenvalue weighted by Gasteiger charge is 2.54. The highest BCUT2D eigenvalue weighted by Crippen LogP contribution is 2.43. The largest absolute Gasteiger partial charge is 0.495 e. The summed E-state index contributed by atoms with van der Waals surface area (Å²) in [5.41, 5.74) is 6.50. The average molecular weight is 1920 g/mol. The van der Waals surface area contributed by atoms with Gasteiger partial charge in [-0.3, -0.25) is 23.2 Å². The highest BCUT2D eigenvalue weighted by molar-refractivity contribution is 14.1. The SMILES string of the molecule is CC(C)(C)OC(=O)N1Cc2c(Cl)ccc(Nc3ccc(N4CCOC(C(O)O)C4)cn3)c2C1=O.CC(O)C1CN(c2ccc(Nc3ccc(-c4cnc5cc(F)ccn45)c4c3C(=O)N(C(=O)OC(C)(C)C)C4)nc2)CCO1.CC(O)C1CN(c2ccc(Nc3ccc(B4OC(C)(C)C(C)(C)O4)c4c3C(=O)N(C(=O)OC(C)(C)C)C4)nc2)CCO1.Fc1ccn2c(I)cnc2c1. The quantitative estimate of drug-likeness (QED) is 0.0230. The third-order valence-electron chi connectivity index (χ3n) is 22.6. The number of rotatable bonds is 14. The molecule has 0 saturated carbocycles. The van der Waals surface area contributed by atoms with Crippen LogP contribution in [-0.2, 0) is 57.4 Å². The molecule has 34 nitrogen and oxygen atoms in total. The van der Waals surface area contributed by atoms with Gasteiger partial charge in [-0.2, -0.15) is 0 Å². The topological polar surface area (TPSA) is 386 Å². The Bertz CT molecular complexity index is 5880. The fourth-order valence-corrected chi connectivity index (χ4v) is 16.1. The van der Waals surface area contributed by atoms with Crippen LogP contribution in [0.3, 0.4) is 0 Å². The van der Waals surface area contributed by atoms with Crippen LogP contribution in [0.1, 0.15) is 152 Å². The van der Waals surface area contributed by atoms with Crippen LogP contribution < -0.4 is 36.1 Å². The van der Waals surface area contributed by atoms with Gasteiger partial charge in [0.25, 0.3) is 17.7 Å². The van der Waals surface area contributed by atoms with E-state index in [4.69, 9.17) is 49.3 Å². The summed E-state index contributed by atoms with van der Waals surface area (Å²) in [6.45, 7) is 31.9. The molecule has 17 rings (SSSR count). The van der Waals surface area contributed by atoms with Crippen molar-refractivity contribution in [3.05, 3.63) is 194 Å². The Morgan fingerprint density at radius 3 is 1.30 bits per heavy atom. The third-order valence-corrected chi connectivity index (χ3v) is 23.7. The zero-order valence-electron chi connectivity index (χ0n) is 74.6. The molecular weight excluding hydrogens is 1820 g/mol. The molecule has 4 saturated heterocycles. The number of hydrogen-bond donors (Lipinski definition) is 7. The van der Waals surface area contributed by atoms with E-state index in [-0.39, 0.29) is 37.7 Å². The fraction of sp³-hybridized carbons (Fsp3) is 0.418. The molecule has 5 unspecified atom stereocenters. The zero-order chi connectivity index (χ0) is 93.5. The summed E-state index contributed by atoms with van der Waals surface area (Å²) in [5, 5.41) is 48.7. The van der Waals surface area contributed by atoms with Gasteiger partial charge < -0.3 is 88.8 Å². The van der Waals surface area contributed by atoms with Crippen molar-refractivity contribution in [1.29, 1.82) is 0 Å². The minimum absolute atomic E-state index is 0.00376. The second-order valence-electron chi connectivity index (χ2n) is 36.1. The highest BCUT2D eigenvalue weighted by atomic mass is 127. The fourth-order valence-electron chi connectivity index (χ4n) is 15.3. The van der Waals surface area contributed by atoms with Gasteiger partial charge in [-0.05, 0) is 216 Å². The number of imide groups is 3. The number of carbonyl (C=O) groups is 6. The lowest BCUT2D eigenvalue weighted by Gasteiger charge is -2.35. The van der Waals surface area contributed by atoms with E-state index >= 15 is 0 Å². The first-order valence-corrected chi connectivity index (χ1v) is 43.9. The minimum Gasteiger partial charge on any atom is -0.443 e. The van der Waals surface area contributed by atoms with Crippen LogP contribution in [-0.4, -0.2) is 236 Å². The smallest absolute Gasteiger partial charge is 0.443 e. The molecular formula is C91H105BClF2IN16O18. The number of carbonyl (C=O) groups excluding carboxylic acids is 6. The molecule has 0 spiro atoms. The van der Waals surface area contributed by atoms with Crippen LogP contribution in [0.5, 0.6) is 0 Å². The molecule has 688 valence electrons. The van der Waals surface area contributed by atoms with Gasteiger partial charge in [0.2, 0.25) is 0 Å². The Morgan fingerprint density at radius 1 is 0.500 bits per heavy atom. The summed E-state index contributed by atoms with van der Waals surface area (Å²) in [6, 6.07) is 27.2. The first kappa shape index (κ1) is 94.8. The van der Waals surface area contributed by atoms with E-state index in [2.05, 4.69) is 73.3 Å². The number of morpholine rings is 3. The van der Waals surface area contributed by atoms with E-state index in [0.29, 0.717) is 160 Å². The van der Waals surface area contributed by atoms with E-state index in [9.17, 15) is 58.0 Å². The number of pyridine rings is 5. The molecule has 7 aromatic heterocycles. The number of benzene rings is 3. The number of hydrogen-bond acceptors (Lipinski definition) is 29. The average Bonchev–Trinajstić information content (AvgIpc) is 1.59. The van der Waals surface area contributed by atoms with Crippen LogP contribution in [0.2, 0.25) is 5.02 Å². The number of amides is 6. The molecule has 7 aliphatic heterocycles. The summed E-state index contributed by atoms with van der Waals surface area (Å²) in [5.74, 6) is -0.579. The second-order valence-corrected chi connectivity index (χ2v) is 37.6. The number of aliphatic hydroxyl groups excluding tert-OH is 3. The Morgan fingerprint density at radius 2 is 0.877 bits per heavy atom. The van der Waals surface area contributed by atoms with Crippen molar-refractivity contribution in [2.24, 2.45) is 0 Å². The summed E-state index contributed by atoms with van der Waals surface area (Å²) in [7, 11) is -0.708. The maximum atomic E-state index is 13.8. The summed E-state index contributed by atoms with van der Waals surface area (Å²) >= 11 is 8.47. The molecule has 0 bridgehead atoms. The van der Waals surface area contributed by atoms with Gasteiger partial charge in [0.05, 0.1) is 150 Å². The van der Waals surface area contributed by atoms with Crippen LogP contribution in [0, 0.1) is 15.3 Å². The van der Waals surface area contributed by atoms with Crippen LogP contribution >= 0.6 is 34.2 Å². The Hall–Kier alpha value is -11.3. The lowest BCUT2D eigenvalue weighted by atomic mass is 9.74. The van der Waals surface area contributed by atoms with Crippen molar-refractivity contribution >= 4 is 146 Å². The Labute approximate surface area is 768 Å². The van der Waals surface area contributed by atoms with Crippen LogP contribution in [0.25, 0.3) is 22.6 Å². The van der Waals surface area contributed by atoms with Gasteiger partial charge in [0.1, 0.15) is 79.2 Å². The molecule has 7 N–H and O–H groups in total. The first-order chi connectivity index (χ1) is 61.3. The molecule has 3 aromatic carbocycles. The van der Waals surface area contributed by atoms with Crippen molar-refractivity contribution < 1.29 is 95.7 Å². The van der Waals surface area contributed by atoms with Gasteiger partial charge in [0.15, 0.2) is 6.29 Å². The van der Waals surface area contributed by atoms with E-state index in [0.717, 1.165) is 35.5 Å². The van der Waals surface area contributed by atoms with Gasteiger partial charge in [0, 0.05) is 79.9 Å². The second kappa shape index (κ2) is 38.3. The number of fused-ring (bicyclic) bond motifs is 5. The molecule has 5 atom stereocenters. The predicted octanol–water partition coefficient (Wildman–Crippen LogP) is 13.3. The number of anilines is 9. The summed E-state index contributed by atoms with van der Waals surface area (Å²) in [6.07, 6.45) is 5.58. The standard InChI is InChI=1S/C31H33FN6O5.C30H41BN4O7.C23H27ClN4O6.C7H4FIN2/c1-18(39)25-17-36(11-12-42-25)20-5-8-26(33-14-20)35-23-7-6-21(24-15-34-27-13-19(32)9-10-37(24)27)22-16-38(29(40)28(22)23)30(41)43-31(2,3)4;1-18(36)23-17-34(13-14-39-23)19-9-12-24(32-15-19)33-22-11-10-21(31-41-29(5,6)30(7,8)42-31)20-16-35(26(37)25(20)22)27(38)40-28(2,3)4;1-23(2,3)34-22(32)28-11-14-15(24)5-6-16(19(14)20(28)29)26-18-7-4-13(10-25-18)27-8-9-33-17(12-27)21(30)31;8-5-1-2-11-6(9)4-10-7(11)3-5/h5-10,13-15,18,25,39H,11-12,16-17H2,1-4H3,(H,33,35);9-12,15,18,23,36H,13-14,16-17H2,1-8H3,(H,32,33);4-7,10,17,21,30-31H,8-9,11-12H2,1-3H3,(H,25,26);1-4H. The monoisotopic (exact) mass is 1920 g/mol. The van der Waals surface area contributed by atoms with Crippen LogP contribution in [0.4, 0.5) is 74.7 Å². The van der Waals surface area contributed by atoms with E-state index in [1.54, 1.807) is 154 Å². The van der Waals surface area contributed by atoms with E-state index in [1.165, 1.54) is 24.3 Å². The number of aromatic nitrogens is 7. The number of ether oxygens (including phenoxy) is 6. The Kier molecular flexibility index (Phi) is 27.9. The summed E-state index contributed by atoms with van der Waals surface area (Å²) < 4.78 is 76.7. The molecule has 10 aromatic rings.